The Morgan fingerprint density at radius 3 is 2.21 bits per heavy atom. The van der Waals surface area contributed by atoms with E-state index in [4.69, 9.17) is 18.9 Å². The zero-order valence-electron chi connectivity index (χ0n) is 16.3. The molecule has 29 heavy (non-hydrogen) atoms. The van der Waals surface area contributed by atoms with Crippen molar-refractivity contribution in [2.24, 2.45) is 4.99 Å². The summed E-state index contributed by atoms with van der Waals surface area (Å²) in [5, 5.41) is 2.22. The summed E-state index contributed by atoms with van der Waals surface area (Å²) in [5.74, 6) is 1.03. The van der Waals surface area contributed by atoms with Gasteiger partial charge in [0.05, 0.1) is 21.3 Å². The summed E-state index contributed by atoms with van der Waals surface area (Å²) in [7, 11) is 4.57. The van der Waals surface area contributed by atoms with Crippen molar-refractivity contribution in [2.45, 2.75) is 0 Å². The molecule has 0 radical (unpaired) electrons. The Morgan fingerprint density at radius 1 is 0.862 bits per heavy atom. The zero-order chi connectivity index (χ0) is 20.4. The molecule has 0 N–H and O–H groups in total. The molecule has 0 saturated carbocycles. The molecule has 1 heterocycles. The summed E-state index contributed by atoms with van der Waals surface area (Å²) in [6, 6.07) is 17.3. The van der Waals surface area contributed by atoms with Crippen LogP contribution in [0.25, 0.3) is 16.8 Å². The first-order chi connectivity index (χ1) is 14.1. The van der Waals surface area contributed by atoms with Gasteiger partial charge in [0.15, 0.2) is 17.2 Å². The molecule has 4 rings (SSSR count). The molecule has 1 aliphatic heterocycles. The van der Waals surface area contributed by atoms with Gasteiger partial charge in [0.25, 0.3) is 0 Å². The number of esters is 1. The Morgan fingerprint density at radius 2 is 1.55 bits per heavy atom. The molecule has 0 saturated heterocycles. The maximum atomic E-state index is 12.4. The standard InChI is InChI=1S/C23H19NO5/c1-26-19-12-17(13-20(27-2)21(19)28-3)22-24-18(23(25)29-22)11-14-8-9-15-6-4-5-7-16(15)10-14/h4-13H,1-3H3. The average molecular weight is 389 g/mol. The number of carbonyl (C=O) groups is 1. The molecular formula is C23H19NO5. The predicted molar refractivity (Wildman–Crippen MR) is 111 cm³/mol. The number of nitrogens with zero attached hydrogens (tertiary/aromatic N) is 1. The third kappa shape index (κ3) is 3.52. The quantitative estimate of drug-likeness (QED) is 0.483. The van der Waals surface area contributed by atoms with Crippen LogP contribution in [0.4, 0.5) is 0 Å². The lowest BCUT2D eigenvalue weighted by atomic mass is 10.1. The molecule has 1 aliphatic rings. The van der Waals surface area contributed by atoms with Crippen LogP contribution >= 0.6 is 0 Å². The van der Waals surface area contributed by atoms with E-state index in [2.05, 4.69) is 4.99 Å². The number of ether oxygens (including phenoxy) is 4. The number of cyclic esters (lactones) is 1. The van der Waals surface area contributed by atoms with Gasteiger partial charge in [-0.1, -0.05) is 36.4 Å². The maximum Gasteiger partial charge on any atom is 0.363 e. The first-order valence-electron chi connectivity index (χ1n) is 8.94. The molecule has 0 aliphatic carbocycles. The molecule has 0 amide bonds. The maximum absolute atomic E-state index is 12.4. The third-order valence-electron chi connectivity index (χ3n) is 4.61. The van der Waals surface area contributed by atoms with Gasteiger partial charge in [-0.15, -0.1) is 0 Å². The zero-order valence-corrected chi connectivity index (χ0v) is 16.3. The molecule has 3 aromatic carbocycles. The number of fused-ring (bicyclic) bond motifs is 1. The number of hydrogen-bond acceptors (Lipinski definition) is 6. The van der Waals surface area contributed by atoms with Crippen LogP contribution in [0.1, 0.15) is 11.1 Å². The van der Waals surface area contributed by atoms with Gasteiger partial charge in [-0.05, 0) is 40.6 Å². The largest absolute Gasteiger partial charge is 0.493 e. The van der Waals surface area contributed by atoms with Crippen molar-refractivity contribution in [3.05, 3.63) is 71.4 Å². The van der Waals surface area contributed by atoms with Gasteiger partial charge in [-0.25, -0.2) is 9.79 Å². The lowest BCUT2D eigenvalue weighted by Gasteiger charge is -2.13. The van der Waals surface area contributed by atoms with E-state index in [1.165, 1.54) is 21.3 Å². The molecule has 0 fully saturated rings. The summed E-state index contributed by atoms with van der Waals surface area (Å²) in [6.07, 6.45) is 1.71. The summed E-state index contributed by atoms with van der Waals surface area (Å²) < 4.78 is 21.4. The smallest absolute Gasteiger partial charge is 0.363 e. The lowest BCUT2D eigenvalue weighted by molar-refractivity contribution is -0.129. The molecule has 0 aromatic heterocycles. The Labute approximate surface area is 168 Å². The first kappa shape index (κ1) is 18.6. The molecule has 3 aromatic rings. The van der Waals surface area contributed by atoms with Crippen molar-refractivity contribution < 1.29 is 23.7 Å². The van der Waals surface area contributed by atoms with E-state index in [1.54, 1.807) is 18.2 Å². The second kappa shape index (κ2) is 7.67. The van der Waals surface area contributed by atoms with Crippen molar-refractivity contribution in [3.8, 4) is 17.2 Å². The average Bonchev–Trinajstić information content (AvgIpc) is 3.12. The van der Waals surface area contributed by atoms with E-state index in [9.17, 15) is 4.79 Å². The lowest BCUT2D eigenvalue weighted by Crippen LogP contribution is -2.06. The van der Waals surface area contributed by atoms with Gasteiger partial charge in [-0.3, -0.25) is 0 Å². The van der Waals surface area contributed by atoms with E-state index in [1.807, 2.05) is 42.5 Å². The molecule has 146 valence electrons. The van der Waals surface area contributed by atoms with E-state index >= 15 is 0 Å². The monoisotopic (exact) mass is 389 g/mol. The fourth-order valence-corrected chi connectivity index (χ4v) is 3.19. The topological polar surface area (TPSA) is 66.4 Å². The van der Waals surface area contributed by atoms with Gasteiger partial charge < -0.3 is 18.9 Å². The van der Waals surface area contributed by atoms with Gasteiger partial charge in [-0.2, -0.15) is 0 Å². The fourth-order valence-electron chi connectivity index (χ4n) is 3.19. The second-order valence-electron chi connectivity index (χ2n) is 6.36. The van der Waals surface area contributed by atoms with Gasteiger partial charge in [0, 0.05) is 5.56 Å². The SMILES string of the molecule is COc1cc(C2=NC(=Cc3ccc4ccccc4c3)C(=O)O2)cc(OC)c1OC. The number of hydrogen-bond donors (Lipinski definition) is 0. The molecule has 0 atom stereocenters. The summed E-state index contributed by atoms with van der Waals surface area (Å²) in [4.78, 5) is 16.7. The number of methoxy groups -OCH3 is 3. The van der Waals surface area contributed by atoms with Crippen molar-refractivity contribution in [1.82, 2.24) is 0 Å². The number of rotatable bonds is 5. The normalized spacial score (nSPS) is 14.7. The Kier molecular flexibility index (Phi) is 4.91. The van der Waals surface area contributed by atoms with Crippen molar-refractivity contribution in [2.75, 3.05) is 21.3 Å². The van der Waals surface area contributed by atoms with E-state index in [0.717, 1.165) is 16.3 Å². The van der Waals surface area contributed by atoms with E-state index < -0.39 is 5.97 Å². The minimum absolute atomic E-state index is 0.182. The highest BCUT2D eigenvalue weighted by atomic mass is 16.6. The third-order valence-corrected chi connectivity index (χ3v) is 4.61. The van der Waals surface area contributed by atoms with Gasteiger partial charge >= 0.3 is 5.97 Å². The van der Waals surface area contributed by atoms with Crippen molar-refractivity contribution in [1.29, 1.82) is 0 Å². The molecule has 0 spiro atoms. The molecule has 6 heteroatoms. The highest BCUT2D eigenvalue weighted by molar-refractivity contribution is 6.13. The highest BCUT2D eigenvalue weighted by Crippen LogP contribution is 2.39. The summed E-state index contributed by atoms with van der Waals surface area (Å²) >= 11 is 0. The van der Waals surface area contributed by atoms with E-state index in [-0.39, 0.29) is 11.6 Å². The fraction of sp³-hybridized carbons (Fsp3) is 0.130. The summed E-state index contributed by atoms with van der Waals surface area (Å²) in [6.45, 7) is 0. The highest BCUT2D eigenvalue weighted by Gasteiger charge is 2.26. The minimum Gasteiger partial charge on any atom is -0.493 e. The van der Waals surface area contributed by atoms with Crippen LogP contribution in [0.2, 0.25) is 0 Å². The Hall–Kier alpha value is -3.80. The molecule has 0 unspecified atom stereocenters. The van der Waals surface area contributed by atoms with Crippen LogP contribution in [0.5, 0.6) is 17.2 Å². The molecule has 6 nitrogen and oxygen atoms in total. The number of carbonyl (C=O) groups excluding carboxylic acids is 1. The second-order valence-corrected chi connectivity index (χ2v) is 6.36. The van der Waals surface area contributed by atoms with Crippen molar-refractivity contribution >= 4 is 28.7 Å². The van der Waals surface area contributed by atoms with Crippen LogP contribution in [-0.2, 0) is 9.53 Å². The van der Waals surface area contributed by atoms with Gasteiger partial charge in [0.1, 0.15) is 0 Å². The van der Waals surface area contributed by atoms with Gasteiger partial charge in [0.2, 0.25) is 11.6 Å². The van der Waals surface area contributed by atoms with E-state index in [0.29, 0.717) is 22.8 Å². The van der Waals surface area contributed by atoms with Crippen LogP contribution in [0.3, 0.4) is 0 Å². The molecule has 0 bridgehead atoms. The van der Waals surface area contributed by atoms with Crippen LogP contribution in [0.15, 0.2) is 65.3 Å². The van der Waals surface area contributed by atoms with Crippen LogP contribution < -0.4 is 14.2 Å². The first-order valence-corrected chi connectivity index (χ1v) is 8.94. The molecular weight excluding hydrogens is 370 g/mol. The number of aliphatic imine (C=N–C) groups is 1. The van der Waals surface area contributed by atoms with Crippen molar-refractivity contribution in [3.63, 3.8) is 0 Å². The minimum atomic E-state index is -0.512. The summed E-state index contributed by atoms with van der Waals surface area (Å²) in [5.41, 5.74) is 1.64. The number of benzene rings is 3. The predicted octanol–water partition coefficient (Wildman–Crippen LogP) is 4.21. The van der Waals surface area contributed by atoms with Crippen LogP contribution in [-0.4, -0.2) is 33.2 Å². The Bertz CT molecular complexity index is 1140. The Balaban J connectivity index is 1.72. The van der Waals surface area contributed by atoms with Crippen LogP contribution in [0, 0.1) is 0 Å².